The molecule has 0 atom stereocenters. The number of amides is 1. The molecule has 1 aliphatic heterocycles. The summed E-state index contributed by atoms with van der Waals surface area (Å²) in [6.07, 6.45) is -0.431. The lowest BCUT2D eigenvalue weighted by Crippen LogP contribution is -2.32. The molecule has 3 rings (SSSR count). The van der Waals surface area contributed by atoms with Crippen molar-refractivity contribution >= 4 is 22.0 Å². The van der Waals surface area contributed by atoms with Gasteiger partial charge in [-0.1, -0.05) is 46.3 Å². The number of carbonyl (C=O) groups is 1. The van der Waals surface area contributed by atoms with Gasteiger partial charge in [0.1, 0.15) is 13.2 Å². The molecule has 1 amide bonds. The summed E-state index contributed by atoms with van der Waals surface area (Å²) in [5.41, 5.74) is 2.37. The topological polar surface area (TPSA) is 38.8 Å². The van der Waals surface area contributed by atoms with Gasteiger partial charge in [0.15, 0.2) is 11.6 Å². The quantitative estimate of drug-likeness (QED) is 0.731. The van der Waals surface area contributed by atoms with Crippen molar-refractivity contribution in [1.82, 2.24) is 4.90 Å². The number of alkyl halides is 1. The molecule has 2 aromatic rings. The molecule has 4 nitrogen and oxygen atoms in total. The van der Waals surface area contributed by atoms with E-state index in [-0.39, 0.29) is 25.5 Å². The van der Waals surface area contributed by atoms with Gasteiger partial charge >= 0.3 is 6.09 Å². The molecule has 0 aromatic heterocycles. The van der Waals surface area contributed by atoms with Crippen molar-refractivity contribution in [2.24, 2.45) is 0 Å². The Morgan fingerprint density at radius 2 is 2.04 bits per heavy atom. The Morgan fingerprint density at radius 3 is 2.79 bits per heavy atom. The second kappa shape index (κ2) is 7.66. The normalized spacial score (nSPS) is 13.7. The summed E-state index contributed by atoms with van der Waals surface area (Å²) in [7, 11) is 0. The molecule has 0 saturated carbocycles. The Hall–Kier alpha value is -2.08. The molecule has 0 bridgehead atoms. The molecule has 1 aliphatic rings. The van der Waals surface area contributed by atoms with Crippen LogP contribution in [-0.4, -0.2) is 24.1 Å². The first-order valence-electron chi connectivity index (χ1n) is 7.63. The summed E-state index contributed by atoms with van der Waals surface area (Å²) in [6.45, 7) is 1.06. The van der Waals surface area contributed by atoms with Crippen LogP contribution in [0.25, 0.3) is 0 Å². The van der Waals surface area contributed by atoms with E-state index < -0.39 is 11.9 Å². The highest BCUT2D eigenvalue weighted by Crippen LogP contribution is 2.29. The summed E-state index contributed by atoms with van der Waals surface area (Å²) in [5.74, 6) is -0.181. The van der Waals surface area contributed by atoms with E-state index in [1.54, 1.807) is 0 Å². The van der Waals surface area contributed by atoms with Gasteiger partial charge < -0.3 is 14.4 Å². The lowest BCUT2D eigenvalue weighted by molar-refractivity contribution is 0.0913. The molecule has 0 spiro atoms. The Balaban J connectivity index is 1.71. The number of rotatable bonds is 3. The minimum atomic E-state index is -0.431. The van der Waals surface area contributed by atoms with Crippen molar-refractivity contribution in [3.63, 3.8) is 0 Å². The van der Waals surface area contributed by atoms with Crippen LogP contribution < -0.4 is 4.74 Å². The number of ether oxygens (including phenoxy) is 2. The standard InChI is InChI=1S/C18H17BrFNO3/c19-10-14-8-15-11-21(6-7-23-17(15)16(20)9-14)18(22)24-12-13-4-2-1-3-5-13/h1-5,8-9H,6-7,10-12H2. The molecule has 24 heavy (non-hydrogen) atoms. The van der Waals surface area contributed by atoms with E-state index in [0.29, 0.717) is 17.4 Å². The third-order valence-corrected chi connectivity index (χ3v) is 4.41. The number of hydrogen-bond acceptors (Lipinski definition) is 3. The Kier molecular flexibility index (Phi) is 5.35. The Bertz CT molecular complexity index is 724. The molecular formula is C18H17BrFNO3. The lowest BCUT2D eigenvalue weighted by atomic mass is 10.1. The summed E-state index contributed by atoms with van der Waals surface area (Å²) in [5, 5.41) is 0.537. The smallest absolute Gasteiger partial charge is 0.410 e. The number of halogens is 2. The molecule has 6 heteroatoms. The Labute approximate surface area is 148 Å². The molecule has 126 valence electrons. The van der Waals surface area contributed by atoms with E-state index in [2.05, 4.69) is 15.9 Å². The highest BCUT2D eigenvalue weighted by Gasteiger charge is 2.23. The second-order valence-electron chi connectivity index (χ2n) is 5.51. The van der Waals surface area contributed by atoms with Gasteiger partial charge in [-0.25, -0.2) is 9.18 Å². The minimum Gasteiger partial charge on any atom is -0.488 e. The van der Waals surface area contributed by atoms with E-state index >= 15 is 0 Å². The van der Waals surface area contributed by atoms with Gasteiger partial charge in [-0.05, 0) is 23.3 Å². The zero-order valence-electron chi connectivity index (χ0n) is 13.0. The molecule has 0 radical (unpaired) electrons. The van der Waals surface area contributed by atoms with Gasteiger partial charge in [-0.15, -0.1) is 0 Å². The highest BCUT2D eigenvalue weighted by molar-refractivity contribution is 9.08. The van der Waals surface area contributed by atoms with Crippen LogP contribution in [0.4, 0.5) is 9.18 Å². The van der Waals surface area contributed by atoms with Crippen LogP contribution in [0, 0.1) is 5.82 Å². The van der Waals surface area contributed by atoms with Crippen LogP contribution >= 0.6 is 15.9 Å². The maximum absolute atomic E-state index is 14.1. The zero-order chi connectivity index (χ0) is 16.9. The average molecular weight is 394 g/mol. The van der Waals surface area contributed by atoms with Gasteiger partial charge in [0, 0.05) is 10.9 Å². The molecule has 1 heterocycles. The van der Waals surface area contributed by atoms with E-state index in [9.17, 15) is 9.18 Å². The van der Waals surface area contributed by atoms with Crippen molar-refractivity contribution < 1.29 is 18.7 Å². The van der Waals surface area contributed by atoms with Gasteiger partial charge in [0.25, 0.3) is 0 Å². The van der Waals surface area contributed by atoms with Crippen molar-refractivity contribution in [1.29, 1.82) is 0 Å². The van der Waals surface area contributed by atoms with Crippen LogP contribution in [0.5, 0.6) is 5.75 Å². The molecule has 0 unspecified atom stereocenters. The van der Waals surface area contributed by atoms with Crippen LogP contribution in [0.3, 0.4) is 0 Å². The predicted octanol–water partition coefficient (Wildman–Crippen LogP) is 4.25. The third kappa shape index (κ3) is 3.87. The van der Waals surface area contributed by atoms with Crippen molar-refractivity contribution in [3.05, 3.63) is 65.0 Å². The summed E-state index contributed by atoms with van der Waals surface area (Å²) < 4.78 is 25.0. The predicted molar refractivity (Wildman–Crippen MR) is 91.6 cm³/mol. The zero-order valence-corrected chi connectivity index (χ0v) is 14.6. The monoisotopic (exact) mass is 393 g/mol. The fourth-order valence-electron chi connectivity index (χ4n) is 2.58. The van der Waals surface area contributed by atoms with E-state index in [1.165, 1.54) is 11.0 Å². The fourth-order valence-corrected chi connectivity index (χ4v) is 2.90. The van der Waals surface area contributed by atoms with Crippen molar-refractivity contribution in [2.75, 3.05) is 13.2 Å². The lowest BCUT2D eigenvalue weighted by Gasteiger charge is -2.19. The van der Waals surface area contributed by atoms with Crippen LogP contribution in [0.15, 0.2) is 42.5 Å². The van der Waals surface area contributed by atoms with E-state index in [4.69, 9.17) is 9.47 Å². The SMILES string of the molecule is O=C(OCc1ccccc1)N1CCOc2c(F)cc(CBr)cc2C1. The van der Waals surface area contributed by atoms with Crippen LogP contribution in [0.2, 0.25) is 0 Å². The summed E-state index contributed by atoms with van der Waals surface area (Å²) >= 11 is 3.32. The van der Waals surface area contributed by atoms with Crippen LogP contribution in [0.1, 0.15) is 16.7 Å². The maximum Gasteiger partial charge on any atom is 0.410 e. The largest absolute Gasteiger partial charge is 0.488 e. The van der Waals surface area contributed by atoms with Gasteiger partial charge in [-0.2, -0.15) is 0 Å². The molecular weight excluding hydrogens is 377 g/mol. The first-order valence-corrected chi connectivity index (χ1v) is 8.75. The molecule has 0 saturated heterocycles. The molecule has 0 fully saturated rings. The first kappa shape index (κ1) is 16.8. The van der Waals surface area contributed by atoms with E-state index in [1.807, 2.05) is 36.4 Å². The summed E-state index contributed by atoms with van der Waals surface area (Å²) in [6, 6.07) is 12.8. The van der Waals surface area contributed by atoms with Crippen LogP contribution in [-0.2, 0) is 23.2 Å². The highest BCUT2D eigenvalue weighted by atomic mass is 79.9. The van der Waals surface area contributed by atoms with Crippen molar-refractivity contribution in [2.45, 2.75) is 18.5 Å². The second-order valence-corrected chi connectivity index (χ2v) is 6.07. The first-order chi connectivity index (χ1) is 11.7. The average Bonchev–Trinajstić information content (AvgIpc) is 2.83. The number of fused-ring (bicyclic) bond motifs is 1. The van der Waals surface area contributed by atoms with Gasteiger partial charge in [-0.3, -0.25) is 0 Å². The van der Waals surface area contributed by atoms with E-state index in [0.717, 1.165) is 11.1 Å². The number of carbonyl (C=O) groups excluding carboxylic acids is 1. The van der Waals surface area contributed by atoms with Gasteiger partial charge in [0.05, 0.1) is 13.1 Å². The number of nitrogens with zero attached hydrogens (tertiary/aromatic N) is 1. The van der Waals surface area contributed by atoms with Crippen molar-refractivity contribution in [3.8, 4) is 5.75 Å². The third-order valence-electron chi connectivity index (χ3n) is 3.77. The number of hydrogen-bond donors (Lipinski definition) is 0. The number of benzene rings is 2. The molecule has 0 N–H and O–H groups in total. The minimum absolute atomic E-state index is 0.208. The maximum atomic E-state index is 14.1. The summed E-state index contributed by atoms with van der Waals surface area (Å²) in [4.78, 5) is 13.9. The van der Waals surface area contributed by atoms with Gasteiger partial charge in [0.2, 0.25) is 0 Å². The molecule has 2 aromatic carbocycles. The molecule has 0 aliphatic carbocycles. The Morgan fingerprint density at radius 1 is 1.25 bits per heavy atom. The fraction of sp³-hybridized carbons (Fsp3) is 0.278.